The molecule has 1 aromatic rings. The van der Waals surface area contributed by atoms with Crippen LogP contribution in [0.4, 0.5) is 0 Å². The Bertz CT molecular complexity index is 581. The maximum absolute atomic E-state index is 11.9. The van der Waals surface area contributed by atoms with Crippen molar-refractivity contribution in [3.05, 3.63) is 35.4 Å². The normalized spacial score (nSPS) is 15.0. The zero-order chi connectivity index (χ0) is 22.2. The largest absolute Gasteiger partial charge is 0.510 e. The monoisotopic (exact) mass is 442 g/mol. The number of unbranched alkanes of at least 4 members (excludes halogenated alkanes) is 5. The molecule has 0 spiro atoms. The van der Waals surface area contributed by atoms with Crippen molar-refractivity contribution in [2.75, 3.05) is 19.6 Å². The van der Waals surface area contributed by atoms with Crippen LogP contribution in [0, 0.1) is 0 Å². The number of aliphatic hydroxyl groups excluding tert-OH is 2. The van der Waals surface area contributed by atoms with Crippen LogP contribution in [0.5, 0.6) is 0 Å². The lowest BCUT2D eigenvalue weighted by Gasteiger charge is -2.25. The average molecular weight is 443 g/mol. The fourth-order valence-corrected chi connectivity index (χ4v) is 4.16. The van der Waals surface area contributed by atoms with E-state index < -0.39 is 19.9 Å². The molecule has 4 N–H and O–H groups in total. The maximum atomic E-state index is 11.9. The van der Waals surface area contributed by atoms with Gasteiger partial charge in [0.15, 0.2) is 12.5 Å². The molecule has 0 aromatic heterocycles. The van der Waals surface area contributed by atoms with Crippen molar-refractivity contribution < 1.29 is 24.0 Å². The lowest BCUT2D eigenvalue weighted by Crippen LogP contribution is -2.44. The topological polar surface area (TPSA) is 102 Å². The summed E-state index contributed by atoms with van der Waals surface area (Å²) in [5.41, 5.74) is 8.07. The molecule has 3 unspecified atom stereocenters. The third kappa shape index (κ3) is 12.7. The molecule has 0 saturated heterocycles. The Morgan fingerprint density at radius 3 is 2.23 bits per heavy atom. The van der Waals surface area contributed by atoms with Crippen molar-refractivity contribution in [1.29, 1.82) is 0 Å². The minimum atomic E-state index is -1.94. The number of ether oxygens (including phenoxy) is 1. The molecule has 1 aromatic carbocycles. The van der Waals surface area contributed by atoms with Crippen LogP contribution < -0.4 is 5.73 Å². The molecule has 0 aliphatic carbocycles. The van der Waals surface area contributed by atoms with Gasteiger partial charge in [0.25, 0.3) is 0 Å². The fourth-order valence-electron chi connectivity index (χ4n) is 3.22. The molecule has 30 heavy (non-hydrogen) atoms. The van der Waals surface area contributed by atoms with Crippen molar-refractivity contribution in [3.8, 4) is 0 Å². The van der Waals surface area contributed by atoms with Crippen LogP contribution in [0.15, 0.2) is 24.3 Å². The third-order valence-electron chi connectivity index (χ3n) is 5.37. The van der Waals surface area contributed by atoms with E-state index in [1.807, 2.05) is 0 Å². The van der Waals surface area contributed by atoms with E-state index in [-0.39, 0.29) is 19.6 Å². The summed E-state index contributed by atoms with van der Waals surface area (Å²) in [4.78, 5) is 0. The van der Waals surface area contributed by atoms with Gasteiger partial charge in [-0.05, 0) is 48.3 Å². The Balaban J connectivity index is 2.32. The summed E-state index contributed by atoms with van der Waals surface area (Å²) in [6.07, 6.45) is 9.99. The molecular weight excluding hydrogens is 401 g/mol. The Morgan fingerprint density at radius 1 is 1.03 bits per heavy atom. The minimum absolute atomic E-state index is 0.170. The van der Waals surface area contributed by atoms with E-state index in [0.29, 0.717) is 12.8 Å². The number of rotatable bonds is 18. The van der Waals surface area contributed by atoms with Crippen molar-refractivity contribution in [3.63, 3.8) is 0 Å². The molecule has 0 fully saturated rings. The Labute approximate surface area is 183 Å². The van der Waals surface area contributed by atoms with Crippen molar-refractivity contribution >= 4 is 8.03 Å². The van der Waals surface area contributed by atoms with E-state index in [1.165, 1.54) is 56.6 Å². The standard InChI is InChI=1S/C23H41NO5P/c1-3-4-5-6-7-8-9-21-10-12-22(13-11-21)14-15-23(24,18-25)16-17-30(27)29-19-28-20(2)26/h10-13,20,25-26H,3-9,14-19,24H2,1-2H3/q+1. The molecule has 172 valence electrons. The van der Waals surface area contributed by atoms with Crippen molar-refractivity contribution in [2.24, 2.45) is 5.73 Å². The first-order valence-corrected chi connectivity index (χ1v) is 12.6. The van der Waals surface area contributed by atoms with Crippen molar-refractivity contribution in [2.45, 2.75) is 89.9 Å². The molecule has 7 heteroatoms. The second kappa shape index (κ2) is 15.9. The molecule has 0 bridgehead atoms. The average Bonchev–Trinajstić information content (AvgIpc) is 2.74. The van der Waals surface area contributed by atoms with Crippen LogP contribution in [-0.2, 0) is 26.7 Å². The van der Waals surface area contributed by atoms with Gasteiger partial charge in [0, 0.05) is 12.0 Å². The van der Waals surface area contributed by atoms with Gasteiger partial charge in [-0.2, -0.15) is 0 Å². The highest BCUT2D eigenvalue weighted by Gasteiger charge is 2.29. The third-order valence-corrected chi connectivity index (χ3v) is 6.35. The number of hydrogen-bond acceptors (Lipinski definition) is 6. The maximum Gasteiger partial charge on any atom is 0.510 e. The molecule has 6 nitrogen and oxygen atoms in total. The predicted octanol–water partition coefficient (Wildman–Crippen LogP) is 4.67. The smallest absolute Gasteiger partial charge is 0.394 e. The molecule has 0 aliphatic rings. The Kier molecular flexibility index (Phi) is 14.3. The van der Waals surface area contributed by atoms with Crippen LogP contribution in [0.3, 0.4) is 0 Å². The molecule has 0 heterocycles. The zero-order valence-corrected chi connectivity index (χ0v) is 19.6. The van der Waals surface area contributed by atoms with E-state index in [4.69, 9.17) is 20.1 Å². The first-order chi connectivity index (χ1) is 14.4. The Hall–Kier alpha value is -0.880. The lowest BCUT2D eigenvalue weighted by molar-refractivity contribution is -0.129. The van der Waals surface area contributed by atoms with E-state index in [1.54, 1.807) is 0 Å². The molecule has 0 radical (unpaired) electrons. The van der Waals surface area contributed by atoms with Crippen LogP contribution in [0.1, 0.15) is 76.3 Å². The summed E-state index contributed by atoms with van der Waals surface area (Å²) in [6.45, 7) is 3.29. The van der Waals surface area contributed by atoms with Crippen molar-refractivity contribution in [1.82, 2.24) is 0 Å². The number of aliphatic hydroxyl groups is 2. The summed E-state index contributed by atoms with van der Waals surface area (Å²) in [5.74, 6) is 0. The van der Waals surface area contributed by atoms with Gasteiger partial charge in [0.05, 0.1) is 6.61 Å². The van der Waals surface area contributed by atoms with E-state index in [9.17, 15) is 9.67 Å². The van der Waals surface area contributed by atoms with Gasteiger partial charge < -0.3 is 20.7 Å². The molecule has 0 saturated carbocycles. The molecule has 3 atom stereocenters. The van der Waals surface area contributed by atoms with E-state index in [0.717, 1.165) is 12.8 Å². The second-order valence-electron chi connectivity index (χ2n) is 8.17. The Morgan fingerprint density at radius 2 is 1.63 bits per heavy atom. The first-order valence-electron chi connectivity index (χ1n) is 11.2. The molecule has 0 amide bonds. The molecule has 1 rings (SSSR count). The SMILES string of the molecule is CCCCCCCCc1ccc(CCC(N)(CO)CC[P+](=O)OCOC(C)O)cc1. The summed E-state index contributed by atoms with van der Waals surface area (Å²) < 4.78 is 21.7. The van der Waals surface area contributed by atoms with Crippen LogP contribution in [0.2, 0.25) is 0 Å². The predicted molar refractivity (Wildman–Crippen MR) is 122 cm³/mol. The van der Waals surface area contributed by atoms with E-state index in [2.05, 4.69) is 31.2 Å². The lowest BCUT2D eigenvalue weighted by atomic mass is 9.90. The minimum Gasteiger partial charge on any atom is -0.394 e. The quantitative estimate of drug-likeness (QED) is 0.173. The highest BCUT2D eigenvalue weighted by atomic mass is 31.1. The highest BCUT2D eigenvalue weighted by Crippen LogP contribution is 2.27. The number of nitrogens with two attached hydrogens (primary N) is 1. The van der Waals surface area contributed by atoms with Gasteiger partial charge >= 0.3 is 8.03 Å². The van der Waals surface area contributed by atoms with Gasteiger partial charge in [0.1, 0.15) is 0 Å². The van der Waals surface area contributed by atoms with Crippen LogP contribution >= 0.6 is 8.03 Å². The summed E-state index contributed by atoms with van der Waals surface area (Å²) >= 11 is 0. The fraction of sp³-hybridized carbons (Fsp3) is 0.739. The number of benzene rings is 1. The number of hydrogen-bond donors (Lipinski definition) is 3. The summed E-state index contributed by atoms with van der Waals surface area (Å²) in [6, 6.07) is 8.65. The van der Waals surface area contributed by atoms with Crippen LogP contribution in [-0.4, -0.2) is 41.6 Å². The zero-order valence-electron chi connectivity index (χ0n) is 18.7. The highest BCUT2D eigenvalue weighted by molar-refractivity contribution is 7.39. The van der Waals surface area contributed by atoms with Gasteiger partial charge in [-0.1, -0.05) is 63.3 Å². The second-order valence-corrected chi connectivity index (χ2v) is 9.54. The van der Waals surface area contributed by atoms with Gasteiger partial charge in [0.2, 0.25) is 6.79 Å². The van der Waals surface area contributed by atoms with Gasteiger partial charge in [-0.3, -0.25) is 0 Å². The van der Waals surface area contributed by atoms with Crippen LogP contribution in [0.25, 0.3) is 0 Å². The number of aryl methyl sites for hydroxylation is 2. The summed E-state index contributed by atoms with van der Waals surface area (Å²) in [7, 11) is -1.94. The summed E-state index contributed by atoms with van der Waals surface area (Å²) in [5, 5.41) is 18.7. The van der Waals surface area contributed by atoms with Gasteiger partial charge in [-0.25, -0.2) is 0 Å². The van der Waals surface area contributed by atoms with E-state index >= 15 is 0 Å². The molecular formula is C23H41NO5P+. The molecule has 0 aliphatic heterocycles. The van der Waals surface area contributed by atoms with Gasteiger partial charge in [-0.15, -0.1) is 4.52 Å². The first kappa shape index (κ1) is 27.2.